The summed E-state index contributed by atoms with van der Waals surface area (Å²) in [5.41, 5.74) is -0.919. The maximum atomic E-state index is 12.1. The van der Waals surface area contributed by atoms with Crippen molar-refractivity contribution in [3.8, 4) is 0 Å². The van der Waals surface area contributed by atoms with Gasteiger partial charge >= 0.3 is 12.0 Å². The third-order valence-electron chi connectivity index (χ3n) is 3.69. The Labute approximate surface area is 125 Å². The molecule has 0 aromatic rings. The van der Waals surface area contributed by atoms with E-state index >= 15 is 0 Å². The second-order valence-corrected chi connectivity index (χ2v) is 5.73. The molecule has 1 saturated heterocycles. The Morgan fingerprint density at radius 2 is 2.00 bits per heavy atom. The fraction of sp³-hybridized carbons (Fsp3) is 0.857. The van der Waals surface area contributed by atoms with Crippen LogP contribution in [0.1, 0.15) is 39.0 Å². The van der Waals surface area contributed by atoms with Gasteiger partial charge in [0.25, 0.3) is 0 Å². The first-order valence-corrected chi connectivity index (χ1v) is 7.40. The van der Waals surface area contributed by atoms with Gasteiger partial charge in [0.1, 0.15) is 0 Å². The molecule has 122 valence electrons. The molecule has 1 atom stereocenters. The lowest BCUT2D eigenvalue weighted by molar-refractivity contribution is -0.137. The molecule has 0 radical (unpaired) electrons. The number of carbonyl (C=O) groups is 2. The molecule has 0 aromatic carbocycles. The maximum absolute atomic E-state index is 12.1. The van der Waals surface area contributed by atoms with Gasteiger partial charge in [0.2, 0.25) is 0 Å². The van der Waals surface area contributed by atoms with E-state index in [1.807, 2.05) is 6.92 Å². The van der Waals surface area contributed by atoms with E-state index in [0.717, 1.165) is 6.42 Å². The van der Waals surface area contributed by atoms with Gasteiger partial charge in [-0.2, -0.15) is 0 Å². The number of hydrogen-bond acceptors (Lipinski definition) is 4. The van der Waals surface area contributed by atoms with Crippen LogP contribution in [0.3, 0.4) is 0 Å². The molecule has 3 N–H and O–H groups in total. The van der Waals surface area contributed by atoms with E-state index in [2.05, 4.69) is 5.32 Å². The van der Waals surface area contributed by atoms with E-state index in [1.54, 1.807) is 7.05 Å². The quantitative estimate of drug-likeness (QED) is 0.646. The summed E-state index contributed by atoms with van der Waals surface area (Å²) in [5.74, 6) is -0.931. The molecule has 1 aliphatic heterocycles. The first-order chi connectivity index (χ1) is 9.86. The lowest BCUT2D eigenvalue weighted by Crippen LogP contribution is -2.51. The number of urea groups is 1. The van der Waals surface area contributed by atoms with Crippen molar-refractivity contribution >= 4 is 12.0 Å². The van der Waals surface area contributed by atoms with Crippen LogP contribution in [0.15, 0.2) is 0 Å². The number of hydrogen-bond donors (Lipinski definition) is 3. The van der Waals surface area contributed by atoms with Crippen molar-refractivity contribution in [2.75, 3.05) is 26.8 Å². The summed E-state index contributed by atoms with van der Waals surface area (Å²) in [6.45, 7) is 3.14. The number of likely N-dealkylation sites (N-methyl/N-ethyl adjacent to an activating group) is 1. The molecule has 7 nitrogen and oxygen atoms in total. The molecule has 1 heterocycles. The Balaban J connectivity index is 2.49. The number of amides is 2. The molecule has 0 saturated carbocycles. The summed E-state index contributed by atoms with van der Waals surface area (Å²) >= 11 is 0. The molecule has 0 aromatic heterocycles. The van der Waals surface area contributed by atoms with E-state index in [4.69, 9.17) is 9.84 Å². The average molecular weight is 302 g/mol. The van der Waals surface area contributed by atoms with Crippen LogP contribution in [-0.2, 0) is 9.53 Å². The Morgan fingerprint density at radius 1 is 1.38 bits per heavy atom. The normalized spacial score (nSPS) is 18.8. The number of aliphatic hydroxyl groups is 1. The fourth-order valence-corrected chi connectivity index (χ4v) is 2.49. The van der Waals surface area contributed by atoms with Crippen molar-refractivity contribution in [2.24, 2.45) is 0 Å². The Morgan fingerprint density at radius 3 is 2.52 bits per heavy atom. The smallest absolute Gasteiger partial charge is 0.317 e. The van der Waals surface area contributed by atoms with E-state index in [-0.39, 0.29) is 25.0 Å². The lowest BCUT2D eigenvalue weighted by atomic mass is 9.94. The summed E-state index contributed by atoms with van der Waals surface area (Å²) in [4.78, 5) is 24.3. The van der Waals surface area contributed by atoms with Crippen LogP contribution >= 0.6 is 0 Å². The molecule has 0 aliphatic carbocycles. The van der Waals surface area contributed by atoms with Gasteiger partial charge in [0.05, 0.1) is 18.6 Å². The number of carbonyl (C=O) groups excluding carboxylic acids is 1. The number of carboxylic acids is 1. The number of nitrogens with one attached hydrogen (secondary N) is 1. The van der Waals surface area contributed by atoms with Gasteiger partial charge in [-0.05, 0) is 6.42 Å². The fourth-order valence-electron chi connectivity index (χ4n) is 2.49. The van der Waals surface area contributed by atoms with Gasteiger partial charge in [-0.1, -0.05) is 13.3 Å². The highest BCUT2D eigenvalue weighted by Crippen LogP contribution is 2.21. The Kier molecular flexibility index (Phi) is 6.91. The standard InChI is InChI=1S/C14H26N2O5/c1-3-4-11(9-12(17)18)15-13(19)16(2)10-14(20)5-7-21-8-6-14/h11,20H,3-10H2,1-2H3,(H,15,19)(H,17,18). The van der Waals surface area contributed by atoms with Crippen molar-refractivity contribution in [1.82, 2.24) is 10.2 Å². The average Bonchev–Trinajstić information content (AvgIpc) is 2.38. The number of nitrogens with zero attached hydrogens (tertiary/aromatic N) is 1. The topological polar surface area (TPSA) is 99.1 Å². The zero-order valence-corrected chi connectivity index (χ0v) is 12.8. The largest absolute Gasteiger partial charge is 0.481 e. The number of rotatable bonds is 7. The second-order valence-electron chi connectivity index (χ2n) is 5.73. The molecule has 21 heavy (non-hydrogen) atoms. The summed E-state index contributed by atoms with van der Waals surface area (Å²) in [6.07, 6.45) is 2.31. The van der Waals surface area contributed by atoms with Crippen LogP contribution in [0.4, 0.5) is 4.79 Å². The molecular weight excluding hydrogens is 276 g/mol. The van der Waals surface area contributed by atoms with Crippen LogP contribution < -0.4 is 5.32 Å². The van der Waals surface area contributed by atoms with Gasteiger partial charge in [-0.25, -0.2) is 4.79 Å². The van der Waals surface area contributed by atoms with E-state index < -0.39 is 11.6 Å². The molecule has 2 amide bonds. The van der Waals surface area contributed by atoms with Gasteiger partial charge in [-0.3, -0.25) is 4.79 Å². The van der Waals surface area contributed by atoms with Gasteiger partial charge < -0.3 is 25.2 Å². The van der Waals surface area contributed by atoms with E-state index in [1.165, 1.54) is 4.90 Å². The first kappa shape index (κ1) is 17.7. The highest BCUT2D eigenvalue weighted by molar-refractivity contribution is 5.75. The monoisotopic (exact) mass is 302 g/mol. The van der Waals surface area contributed by atoms with Crippen molar-refractivity contribution in [2.45, 2.75) is 50.7 Å². The van der Waals surface area contributed by atoms with Crippen LogP contribution in [0.2, 0.25) is 0 Å². The van der Waals surface area contributed by atoms with Crippen molar-refractivity contribution in [1.29, 1.82) is 0 Å². The van der Waals surface area contributed by atoms with Crippen LogP contribution in [0, 0.1) is 0 Å². The van der Waals surface area contributed by atoms with Gasteiger partial charge in [-0.15, -0.1) is 0 Å². The van der Waals surface area contributed by atoms with E-state index in [9.17, 15) is 14.7 Å². The highest BCUT2D eigenvalue weighted by Gasteiger charge is 2.32. The maximum Gasteiger partial charge on any atom is 0.317 e. The summed E-state index contributed by atoms with van der Waals surface area (Å²) in [7, 11) is 1.60. The number of ether oxygens (including phenoxy) is 1. The molecule has 1 rings (SSSR count). The minimum absolute atomic E-state index is 0.0917. The summed E-state index contributed by atoms with van der Waals surface area (Å²) in [5, 5.41) is 21.9. The minimum Gasteiger partial charge on any atom is -0.481 e. The molecule has 0 bridgehead atoms. The van der Waals surface area contributed by atoms with E-state index in [0.29, 0.717) is 32.5 Å². The number of aliphatic carboxylic acids is 1. The van der Waals surface area contributed by atoms with Gasteiger partial charge in [0, 0.05) is 39.1 Å². The van der Waals surface area contributed by atoms with Crippen molar-refractivity contribution < 1.29 is 24.5 Å². The molecule has 1 unspecified atom stereocenters. The highest BCUT2D eigenvalue weighted by atomic mass is 16.5. The SMILES string of the molecule is CCCC(CC(=O)O)NC(=O)N(C)CC1(O)CCOCC1. The predicted octanol–water partition coefficient (Wildman–Crippen LogP) is 0.813. The zero-order valence-electron chi connectivity index (χ0n) is 12.8. The molecule has 0 spiro atoms. The molecule has 1 aliphatic rings. The number of carboxylic acid groups (broad SMARTS) is 1. The van der Waals surface area contributed by atoms with Crippen LogP contribution in [0.5, 0.6) is 0 Å². The Bertz CT molecular complexity index is 355. The lowest BCUT2D eigenvalue weighted by Gasteiger charge is -2.35. The minimum atomic E-state index is -0.931. The molecule has 1 fully saturated rings. The molecule has 7 heteroatoms. The van der Waals surface area contributed by atoms with Crippen LogP contribution in [0.25, 0.3) is 0 Å². The third kappa shape index (κ3) is 6.31. The van der Waals surface area contributed by atoms with Crippen LogP contribution in [-0.4, -0.2) is 65.6 Å². The van der Waals surface area contributed by atoms with Gasteiger partial charge in [0.15, 0.2) is 0 Å². The summed E-state index contributed by atoms with van der Waals surface area (Å²) in [6, 6.07) is -0.735. The third-order valence-corrected chi connectivity index (χ3v) is 3.69. The van der Waals surface area contributed by atoms with Crippen molar-refractivity contribution in [3.05, 3.63) is 0 Å². The summed E-state index contributed by atoms with van der Waals surface area (Å²) < 4.78 is 5.20. The zero-order chi connectivity index (χ0) is 15.9. The second kappa shape index (κ2) is 8.19. The molecular formula is C14H26N2O5. The van der Waals surface area contributed by atoms with Crippen molar-refractivity contribution in [3.63, 3.8) is 0 Å². The predicted molar refractivity (Wildman–Crippen MR) is 77.1 cm³/mol. The Hall–Kier alpha value is -1.34. The first-order valence-electron chi connectivity index (χ1n) is 7.40.